The second-order valence-electron chi connectivity index (χ2n) is 3.83. The molecule has 2 aromatic carbocycles. The van der Waals surface area contributed by atoms with Crippen LogP contribution in [-0.2, 0) is 0 Å². The van der Waals surface area contributed by atoms with Gasteiger partial charge in [0.1, 0.15) is 0 Å². The first-order valence-electron chi connectivity index (χ1n) is 5.13. The molecule has 0 aliphatic carbocycles. The third-order valence-corrected chi connectivity index (χ3v) is 4.77. The maximum Gasteiger partial charge on any atom is 0.194 e. The van der Waals surface area contributed by atoms with Crippen molar-refractivity contribution in [2.24, 2.45) is 0 Å². The topological polar surface area (TPSA) is 0 Å². The number of rotatable bonds is 2. The minimum Gasteiger partial charge on any atom is -0.204 e. The average molecular weight is 459 g/mol. The molecule has 2 aromatic rings. The van der Waals surface area contributed by atoms with E-state index in [0.29, 0.717) is 5.56 Å². The molecule has 2 rings (SSSR count). The summed E-state index contributed by atoms with van der Waals surface area (Å²) in [5.41, 5.74) is 1.08. The molecule has 0 nitrogen and oxygen atoms in total. The van der Waals surface area contributed by atoms with Gasteiger partial charge in [0, 0.05) is 8.95 Å². The minimum atomic E-state index is -1.46. The summed E-state index contributed by atoms with van der Waals surface area (Å²) in [5.74, 6) is -3.87. The zero-order valence-electron chi connectivity index (χ0n) is 9.23. The predicted octanol–water partition coefficient (Wildman–Crippen LogP) is 6.11. The van der Waals surface area contributed by atoms with Crippen molar-refractivity contribution in [3.8, 4) is 0 Å². The molecule has 0 aliphatic heterocycles. The highest BCUT2D eigenvalue weighted by atomic mass is 79.9. The first kappa shape index (κ1) is 15.1. The van der Waals surface area contributed by atoms with E-state index >= 15 is 0 Å². The fourth-order valence-corrected chi connectivity index (χ4v) is 3.41. The van der Waals surface area contributed by atoms with Crippen molar-refractivity contribution in [3.05, 3.63) is 67.9 Å². The Morgan fingerprint density at radius 3 is 2.05 bits per heavy atom. The summed E-state index contributed by atoms with van der Waals surface area (Å²) in [6.45, 7) is 0. The van der Waals surface area contributed by atoms with Crippen molar-refractivity contribution >= 4 is 47.8 Å². The average Bonchev–Trinajstić information content (AvgIpc) is 2.37. The van der Waals surface area contributed by atoms with Gasteiger partial charge < -0.3 is 0 Å². The van der Waals surface area contributed by atoms with Crippen molar-refractivity contribution in [2.75, 3.05) is 0 Å². The van der Waals surface area contributed by atoms with Crippen LogP contribution in [0.2, 0.25) is 0 Å². The van der Waals surface area contributed by atoms with Crippen molar-refractivity contribution in [3.63, 3.8) is 0 Å². The van der Waals surface area contributed by atoms with Crippen molar-refractivity contribution in [1.82, 2.24) is 0 Å². The normalized spacial score (nSPS) is 12.5. The lowest BCUT2D eigenvalue weighted by Crippen LogP contribution is -1.99. The predicted molar refractivity (Wildman–Crippen MR) is 78.9 cm³/mol. The van der Waals surface area contributed by atoms with Gasteiger partial charge in [-0.1, -0.05) is 47.8 Å². The fraction of sp³-hybridized carbons (Fsp3) is 0.0769. The second-order valence-corrected chi connectivity index (χ2v) is 6.51. The zero-order valence-corrected chi connectivity index (χ0v) is 14.0. The number of hydrogen-bond acceptors (Lipinski definition) is 0. The van der Waals surface area contributed by atoms with E-state index in [0.717, 1.165) is 26.6 Å². The Bertz CT molecular complexity index is 606. The van der Waals surface area contributed by atoms with Gasteiger partial charge in [-0.25, -0.2) is 13.2 Å². The molecule has 0 saturated carbocycles. The summed E-state index contributed by atoms with van der Waals surface area (Å²) in [4.78, 5) is -0.455. The molecule has 0 spiro atoms. The number of halogens is 6. The number of alkyl halides is 1. The summed E-state index contributed by atoms with van der Waals surface area (Å²) in [6, 6.07) is 7.40. The highest BCUT2D eigenvalue weighted by Crippen LogP contribution is 2.37. The Kier molecular flexibility index (Phi) is 4.74. The summed E-state index contributed by atoms with van der Waals surface area (Å²) in [7, 11) is 0. The molecule has 0 aromatic heterocycles. The van der Waals surface area contributed by atoms with Gasteiger partial charge in [0.25, 0.3) is 0 Å². The molecule has 0 fully saturated rings. The lowest BCUT2D eigenvalue weighted by atomic mass is 10.0. The molecular formula is C13H6Br3F3. The van der Waals surface area contributed by atoms with Crippen LogP contribution < -0.4 is 0 Å². The third-order valence-electron chi connectivity index (χ3n) is 2.53. The van der Waals surface area contributed by atoms with Crippen LogP contribution in [0.1, 0.15) is 16.0 Å². The molecule has 0 N–H and O–H groups in total. The molecule has 0 heterocycles. The van der Waals surface area contributed by atoms with Crippen LogP contribution in [0.25, 0.3) is 0 Å². The van der Waals surface area contributed by atoms with Crippen molar-refractivity contribution in [2.45, 2.75) is 4.83 Å². The molecule has 100 valence electrons. The maximum atomic E-state index is 13.2. The maximum absolute atomic E-state index is 13.2. The smallest absolute Gasteiger partial charge is 0.194 e. The van der Waals surface area contributed by atoms with Crippen molar-refractivity contribution < 1.29 is 13.2 Å². The minimum absolute atomic E-state index is 0.301. The highest BCUT2D eigenvalue weighted by Gasteiger charge is 2.18. The summed E-state index contributed by atoms with van der Waals surface area (Å²) < 4.78 is 41.0. The summed E-state index contributed by atoms with van der Waals surface area (Å²) >= 11 is 10.1. The largest absolute Gasteiger partial charge is 0.204 e. The van der Waals surface area contributed by atoms with Crippen LogP contribution >= 0.6 is 47.8 Å². The van der Waals surface area contributed by atoms with Gasteiger partial charge in [0.2, 0.25) is 0 Å². The van der Waals surface area contributed by atoms with E-state index in [1.54, 1.807) is 0 Å². The zero-order chi connectivity index (χ0) is 14.2. The first-order chi connectivity index (χ1) is 8.90. The van der Waals surface area contributed by atoms with Crippen LogP contribution in [-0.4, -0.2) is 0 Å². The van der Waals surface area contributed by atoms with E-state index in [2.05, 4.69) is 47.8 Å². The lowest BCUT2D eigenvalue weighted by Gasteiger charge is -2.14. The van der Waals surface area contributed by atoms with Gasteiger partial charge in [-0.2, -0.15) is 0 Å². The Balaban J connectivity index is 2.49. The van der Waals surface area contributed by atoms with Crippen LogP contribution in [0.15, 0.2) is 39.3 Å². The van der Waals surface area contributed by atoms with Crippen molar-refractivity contribution in [1.29, 1.82) is 0 Å². The standard InChI is InChI=1S/C13H6Br3F3/c14-7-1-2-9(15)8(5-7)12(16)6-3-10(17)13(19)11(18)4-6/h1-5,12H. The Labute approximate surface area is 133 Å². The highest BCUT2D eigenvalue weighted by molar-refractivity contribution is 9.11. The summed E-state index contributed by atoms with van der Waals surface area (Å²) in [6.07, 6.45) is 0. The first-order valence-corrected chi connectivity index (χ1v) is 7.63. The Morgan fingerprint density at radius 1 is 0.895 bits per heavy atom. The third kappa shape index (κ3) is 3.23. The SMILES string of the molecule is Fc1cc(C(Br)c2cc(Br)ccc2Br)cc(F)c1F. The van der Waals surface area contributed by atoms with E-state index in [1.165, 1.54) is 0 Å². The fourth-order valence-electron chi connectivity index (χ4n) is 1.61. The Morgan fingerprint density at radius 2 is 1.47 bits per heavy atom. The molecule has 19 heavy (non-hydrogen) atoms. The molecule has 0 saturated heterocycles. The van der Waals surface area contributed by atoms with E-state index in [9.17, 15) is 13.2 Å². The van der Waals surface area contributed by atoms with E-state index in [1.807, 2.05) is 18.2 Å². The van der Waals surface area contributed by atoms with Gasteiger partial charge in [-0.15, -0.1) is 0 Å². The molecule has 0 amide bonds. The van der Waals surface area contributed by atoms with Crippen LogP contribution in [0.5, 0.6) is 0 Å². The van der Waals surface area contributed by atoms with E-state index in [4.69, 9.17) is 0 Å². The molecule has 0 radical (unpaired) electrons. The van der Waals surface area contributed by atoms with Gasteiger partial charge in [-0.05, 0) is 41.5 Å². The molecule has 0 aliphatic rings. The van der Waals surface area contributed by atoms with Gasteiger partial charge in [0.05, 0.1) is 4.83 Å². The molecular weight excluding hydrogens is 453 g/mol. The molecule has 0 bridgehead atoms. The molecule has 1 unspecified atom stereocenters. The number of hydrogen-bond donors (Lipinski definition) is 0. The summed E-state index contributed by atoms with van der Waals surface area (Å²) in [5, 5.41) is 0. The van der Waals surface area contributed by atoms with E-state index in [-0.39, 0.29) is 0 Å². The van der Waals surface area contributed by atoms with Crippen LogP contribution in [0.4, 0.5) is 13.2 Å². The van der Waals surface area contributed by atoms with Crippen LogP contribution in [0, 0.1) is 17.5 Å². The number of benzene rings is 2. The lowest BCUT2D eigenvalue weighted by molar-refractivity contribution is 0.445. The van der Waals surface area contributed by atoms with Gasteiger partial charge in [0.15, 0.2) is 17.5 Å². The second kappa shape index (κ2) is 5.97. The molecule has 1 atom stereocenters. The molecule has 6 heteroatoms. The van der Waals surface area contributed by atoms with Gasteiger partial charge in [-0.3, -0.25) is 0 Å². The quantitative estimate of drug-likeness (QED) is 0.376. The van der Waals surface area contributed by atoms with Crippen LogP contribution in [0.3, 0.4) is 0 Å². The van der Waals surface area contributed by atoms with Gasteiger partial charge >= 0.3 is 0 Å². The monoisotopic (exact) mass is 456 g/mol. The Hall–Kier alpha value is -0.330. The van der Waals surface area contributed by atoms with E-state index < -0.39 is 22.3 Å².